The van der Waals surface area contributed by atoms with Crippen molar-refractivity contribution < 1.29 is 4.79 Å². The molecule has 7 nitrogen and oxygen atoms in total. The molecule has 0 saturated carbocycles. The molecule has 0 atom stereocenters. The number of hydrogen-bond donors (Lipinski definition) is 2. The van der Waals surface area contributed by atoms with E-state index in [-0.39, 0.29) is 5.91 Å². The minimum Gasteiger partial charge on any atom is -0.354 e. The molecular weight excluding hydrogens is 304 g/mol. The maximum atomic E-state index is 12.0. The lowest BCUT2D eigenvalue weighted by atomic mass is 9.95. The molecule has 1 amide bonds. The van der Waals surface area contributed by atoms with Crippen LogP contribution in [0.4, 0.5) is 5.82 Å². The Hall–Kier alpha value is -2.44. The molecule has 0 spiro atoms. The number of rotatable bonds is 4. The van der Waals surface area contributed by atoms with E-state index in [1.54, 1.807) is 6.07 Å². The van der Waals surface area contributed by atoms with Crippen molar-refractivity contribution >= 4 is 11.7 Å². The van der Waals surface area contributed by atoms with Crippen LogP contribution in [0, 0.1) is 12.8 Å². The predicted octanol–water partition coefficient (Wildman–Crippen LogP) is 1.25. The molecule has 2 N–H and O–H groups in total. The van der Waals surface area contributed by atoms with E-state index in [2.05, 4.69) is 36.7 Å². The molecule has 1 fully saturated rings. The Labute approximate surface area is 140 Å². The first-order chi connectivity index (χ1) is 11.7. The maximum Gasteiger partial charge on any atom is 0.271 e. The van der Waals surface area contributed by atoms with Gasteiger partial charge < -0.3 is 10.2 Å². The van der Waals surface area contributed by atoms with Crippen LogP contribution < -0.4 is 10.2 Å². The highest BCUT2D eigenvalue weighted by atomic mass is 16.1. The molecule has 3 heterocycles. The smallest absolute Gasteiger partial charge is 0.271 e. The third-order valence-electron chi connectivity index (χ3n) is 4.83. The SMILES string of the molecule is Cc1cc(C(=O)NCC2CN(c3cc4c(nn3)CCCC4)C2)n[nH]1. The van der Waals surface area contributed by atoms with Crippen LogP contribution in [0.5, 0.6) is 0 Å². The van der Waals surface area contributed by atoms with Gasteiger partial charge in [-0.3, -0.25) is 9.89 Å². The van der Waals surface area contributed by atoms with E-state index < -0.39 is 0 Å². The Morgan fingerprint density at radius 1 is 1.29 bits per heavy atom. The summed E-state index contributed by atoms with van der Waals surface area (Å²) >= 11 is 0. The van der Waals surface area contributed by atoms with Gasteiger partial charge in [-0.25, -0.2) is 0 Å². The normalized spacial score (nSPS) is 17.3. The van der Waals surface area contributed by atoms with Crippen LogP contribution in [0.3, 0.4) is 0 Å². The van der Waals surface area contributed by atoms with Gasteiger partial charge in [0.25, 0.3) is 5.91 Å². The Morgan fingerprint density at radius 3 is 2.92 bits per heavy atom. The average molecular weight is 326 g/mol. The van der Waals surface area contributed by atoms with Crippen LogP contribution in [-0.2, 0) is 12.8 Å². The highest BCUT2D eigenvalue weighted by Crippen LogP contribution is 2.26. The van der Waals surface area contributed by atoms with Crippen LogP contribution >= 0.6 is 0 Å². The molecule has 1 aliphatic carbocycles. The minimum absolute atomic E-state index is 0.119. The Balaban J connectivity index is 1.28. The number of amides is 1. The van der Waals surface area contributed by atoms with Gasteiger partial charge in [0, 0.05) is 31.2 Å². The summed E-state index contributed by atoms with van der Waals surface area (Å²) in [7, 11) is 0. The predicted molar refractivity (Wildman–Crippen MR) is 90.0 cm³/mol. The topological polar surface area (TPSA) is 86.8 Å². The molecule has 0 unspecified atom stereocenters. The summed E-state index contributed by atoms with van der Waals surface area (Å²) < 4.78 is 0. The largest absolute Gasteiger partial charge is 0.354 e. The first kappa shape index (κ1) is 15.1. The lowest BCUT2D eigenvalue weighted by molar-refractivity contribution is 0.0939. The van der Waals surface area contributed by atoms with Crippen molar-refractivity contribution in [2.75, 3.05) is 24.5 Å². The van der Waals surface area contributed by atoms with Gasteiger partial charge in [0.15, 0.2) is 5.82 Å². The van der Waals surface area contributed by atoms with Gasteiger partial charge in [0.05, 0.1) is 5.69 Å². The second-order valence-electron chi connectivity index (χ2n) is 6.80. The van der Waals surface area contributed by atoms with E-state index in [0.29, 0.717) is 18.2 Å². The molecule has 2 aliphatic rings. The number of carbonyl (C=O) groups excluding carboxylic acids is 1. The number of anilines is 1. The van der Waals surface area contributed by atoms with E-state index in [9.17, 15) is 4.79 Å². The zero-order valence-corrected chi connectivity index (χ0v) is 13.9. The summed E-state index contributed by atoms with van der Waals surface area (Å²) in [4.78, 5) is 14.2. The van der Waals surface area contributed by atoms with Crippen molar-refractivity contribution in [2.24, 2.45) is 5.92 Å². The fraction of sp³-hybridized carbons (Fsp3) is 0.529. The van der Waals surface area contributed by atoms with Gasteiger partial charge in [0.2, 0.25) is 0 Å². The van der Waals surface area contributed by atoms with Crippen molar-refractivity contribution in [3.63, 3.8) is 0 Å². The molecule has 24 heavy (non-hydrogen) atoms. The molecule has 2 aromatic heterocycles. The van der Waals surface area contributed by atoms with E-state index in [0.717, 1.165) is 37.4 Å². The summed E-state index contributed by atoms with van der Waals surface area (Å²) in [6.07, 6.45) is 4.65. The quantitative estimate of drug-likeness (QED) is 0.883. The molecular formula is C17H22N6O. The van der Waals surface area contributed by atoms with Crippen molar-refractivity contribution in [1.29, 1.82) is 0 Å². The van der Waals surface area contributed by atoms with Crippen LogP contribution in [0.1, 0.15) is 40.3 Å². The number of aryl methyl sites for hydroxylation is 3. The zero-order valence-electron chi connectivity index (χ0n) is 13.9. The third kappa shape index (κ3) is 2.98. The van der Waals surface area contributed by atoms with Crippen LogP contribution in [-0.4, -0.2) is 45.9 Å². The van der Waals surface area contributed by atoms with E-state index in [4.69, 9.17) is 0 Å². The van der Waals surface area contributed by atoms with Gasteiger partial charge in [0.1, 0.15) is 5.69 Å². The van der Waals surface area contributed by atoms with Crippen LogP contribution in [0.15, 0.2) is 12.1 Å². The first-order valence-corrected chi connectivity index (χ1v) is 8.59. The summed E-state index contributed by atoms with van der Waals surface area (Å²) in [5.41, 5.74) is 3.87. The van der Waals surface area contributed by atoms with Crippen LogP contribution in [0.25, 0.3) is 0 Å². The van der Waals surface area contributed by atoms with E-state index >= 15 is 0 Å². The lowest BCUT2D eigenvalue weighted by Crippen LogP contribution is -2.52. The fourth-order valence-corrected chi connectivity index (χ4v) is 3.38. The number of aromatic amines is 1. The van der Waals surface area contributed by atoms with Crippen molar-refractivity contribution in [3.05, 3.63) is 34.8 Å². The van der Waals surface area contributed by atoms with E-state index in [1.165, 1.54) is 24.1 Å². The molecule has 2 aromatic rings. The third-order valence-corrected chi connectivity index (χ3v) is 4.83. The number of H-pyrrole nitrogens is 1. The summed E-state index contributed by atoms with van der Waals surface area (Å²) in [6.45, 7) is 4.37. The maximum absolute atomic E-state index is 12.0. The highest BCUT2D eigenvalue weighted by molar-refractivity contribution is 5.92. The van der Waals surface area contributed by atoms with Crippen molar-refractivity contribution in [1.82, 2.24) is 25.7 Å². The number of hydrogen-bond acceptors (Lipinski definition) is 5. The lowest BCUT2D eigenvalue weighted by Gasteiger charge is -2.40. The number of aromatic nitrogens is 4. The van der Waals surface area contributed by atoms with E-state index in [1.807, 2.05) is 6.92 Å². The van der Waals surface area contributed by atoms with Crippen LogP contribution in [0.2, 0.25) is 0 Å². The number of carbonyl (C=O) groups is 1. The molecule has 7 heteroatoms. The minimum atomic E-state index is -0.119. The average Bonchev–Trinajstić information content (AvgIpc) is 2.99. The van der Waals surface area contributed by atoms with Gasteiger partial charge in [-0.1, -0.05) is 0 Å². The van der Waals surface area contributed by atoms with Gasteiger partial charge >= 0.3 is 0 Å². The molecule has 1 aliphatic heterocycles. The molecule has 126 valence electrons. The molecule has 4 rings (SSSR count). The standard InChI is InChI=1S/C17H22N6O/c1-11-6-15(21-19-11)17(24)18-8-12-9-23(10-12)16-7-13-4-2-3-5-14(13)20-22-16/h6-7,12H,2-5,8-10H2,1H3,(H,18,24)(H,19,21). The van der Waals surface area contributed by atoms with Gasteiger partial charge in [-0.15, -0.1) is 5.10 Å². The Morgan fingerprint density at radius 2 is 2.12 bits per heavy atom. The number of fused-ring (bicyclic) bond motifs is 1. The monoisotopic (exact) mass is 326 g/mol. The second-order valence-corrected chi connectivity index (χ2v) is 6.80. The second kappa shape index (κ2) is 6.22. The molecule has 0 radical (unpaired) electrons. The summed E-state index contributed by atoms with van der Waals surface area (Å²) in [5.74, 6) is 1.30. The Kier molecular flexibility index (Phi) is 3.92. The number of nitrogens with zero attached hydrogens (tertiary/aromatic N) is 4. The Bertz CT molecular complexity index is 749. The number of nitrogens with one attached hydrogen (secondary N) is 2. The summed E-state index contributed by atoms with van der Waals surface area (Å²) in [5, 5.41) is 18.5. The first-order valence-electron chi connectivity index (χ1n) is 8.59. The zero-order chi connectivity index (χ0) is 16.5. The van der Waals surface area contributed by atoms with Crippen molar-refractivity contribution in [3.8, 4) is 0 Å². The fourth-order valence-electron chi connectivity index (χ4n) is 3.38. The molecule has 0 aromatic carbocycles. The van der Waals surface area contributed by atoms with Gasteiger partial charge in [-0.05, 0) is 50.3 Å². The highest BCUT2D eigenvalue weighted by Gasteiger charge is 2.29. The van der Waals surface area contributed by atoms with Crippen molar-refractivity contribution in [2.45, 2.75) is 32.6 Å². The summed E-state index contributed by atoms with van der Waals surface area (Å²) in [6, 6.07) is 3.95. The molecule has 1 saturated heterocycles. The molecule has 0 bridgehead atoms. The van der Waals surface area contributed by atoms with Gasteiger partial charge in [-0.2, -0.15) is 10.2 Å².